The second-order valence-electron chi connectivity index (χ2n) is 15.0. The maximum atomic E-state index is 14.3. The van der Waals surface area contributed by atoms with Crippen molar-refractivity contribution in [2.24, 2.45) is 0 Å². The number of methoxy groups -OCH3 is 2. The zero-order valence-corrected chi connectivity index (χ0v) is 38.0. The molecule has 0 bridgehead atoms. The van der Waals surface area contributed by atoms with Gasteiger partial charge < -0.3 is 24.8 Å². The highest BCUT2D eigenvalue weighted by molar-refractivity contribution is 6.53. The van der Waals surface area contributed by atoms with E-state index in [4.69, 9.17) is 60.6 Å². The number of halogens is 4. The van der Waals surface area contributed by atoms with Crippen molar-refractivity contribution in [2.75, 3.05) is 24.9 Å². The number of benzene rings is 5. The number of carbonyl (C=O) groups is 1. The van der Waals surface area contributed by atoms with Crippen molar-refractivity contribution < 1.29 is 19.0 Å². The standard InChI is InChI=1S/C50H52Cl4N2O4/c1-7-11-35(9-3)55-37-21-13-31(14-22-37)41(33-17-25-39(58-5)26-18-33)29-50(44-43(49(57)60-50)45(51)47(53)48(54)46(44)52)30-42(34-19-27-40(59-6)28-20-34)32-15-23-38(24-16-32)56-36(10-4)12-8-2/h13-30,35-36,55-56H,7-12H2,1-6H3/b41-29-,42-30-. The number of anilines is 2. The summed E-state index contributed by atoms with van der Waals surface area (Å²) in [6.07, 6.45) is 10.2. The zero-order valence-electron chi connectivity index (χ0n) is 34.9. The van der Waals surface area contributed by atoms with E-state index >= 15 is 0 Å². The Labute approximate surface area is 374 Å². The molecule has 0 saturated heterocycles. The van der Waals surface area contributed by atoms with Gasteiger partial charge in [-0.15, -0.1) is 0 Å². The number of fused-ring (bicyclic) bond motifs is 1. The van der Waals surface area contributed by atoms with Gasteiger partial charge in [0.2, 0.25) is 0 Å². The van der Waals surface area contributed by atoms with Crippen molar-refractivity contribution in [3.05, 3.63) is 163 Å². The number of hydrogen-bond donors (Lipinski definition) is 2. The van der Waals surface area contributed by atoms with E-state index in [2.05, 4.69) is 86.9 Å². The first-order valence-electron chi connectivity index (χ1n) is 20.6. The van der Waals surface area contributed by atoms with E-state index < -0.39 is 11.6 Å². The number of hydrogen-bond acceptors (Lipinski definition) is 6. The molecule has 0 fully saturated rings. The molecule has 5 aromatic rings. The highest BCUT2D eigenvalue weighted by Crippen LogP contribution is 2.53. The summed E-state index contributed by atoms with van der Waals surface area (Å²) in [5.41, 5.74) is 5.65. The summed E-state index contributed by atoms with van der Waals surface area (Å²) in [6.45, 7) is 8.77. The van der Waals surface area contributed by atoms with E-state index in [1.807, 2.05) is 60.7 Å². The number of carbonyl (C=O) groups excluding carboxylic acids is 1. The van der Waals surface area contributed by atoms with Crippen molar-refractivity contribution in [2.45, 2.75) is 83.9 Å². The van der Waals surface area contributed by atoms with Gasteiger partial charge in [-0.2, -0.15) is 0 Å². The first-order valence-corrected chi connectivity index (χ1v) is 22.1. The molecule has 10 heteroatoms. The van der Waals surface area contributed by atoms with E-state index in [1.165, 1.54) is 0 Å². The van der Waals surface area contributed by atoms with E-state index in [1.54, 1.807) is 14.2 Å². The largest absolute Gasteiger partial charge is 0.497 e. The summed E-state index contributed by atoms with van der Waals surface area (Å²) >= 11 is 27.5. The fourth-order valence-corrected chi connectivity index (χ4v) is 8.82. The minimum absolute atomic E-state index is 0.0181. The van der Waals surface area contributed by atoms with Crippen molar-refractivity contribution in [1.82, 2.24) is 0 Å². The fourth-order valence-electron chi connectivity index (χ4n) is 7.74. The molecule has 0 aromatic heterocycles. The molecular weight excluding hydrogens is 834 g/mol. The highest BCUT2D eigenvalue weighted by Gasteiger charge is 2.48. The van der Waals surface area contributed by atoms with Crippen LogP contribution in [0.5, 0.6) is 11.5 Å². The molecule has 0 radical (unpaired) electrons. The lowest BCUT2D eigenvalue weighted by Crippen LogP contribution is -2.23. The van der Waals surface area contributed by atoms with Crippen LogP contribution in [-0.2, 0) is 10.3 Å². The Kier molecular flexibility index (Phi) is 15.2. The van der Waals surface area contributed by atoms with Crippen LogP contribution in [0.4, 0.5) is 11.4 Å². The molecule has 2 N–H and O–H groups in total. The lowest BCUT2D eigenvalue weighted by molar-refractivity contribution is 0.0300. The van der Waals surface area contributed by atoms with Crippen LogP contribution in [0.15, 0.2) is 109 Å². The smallest absolute Gasteiger partial charge is 0.341 e. The average Bonchev–Trinajstić information content (AvgIpc) is 3.57. The van der Waals surface area contributed by atoms with Crippen LogP contribution >= 0.6 is 46.4 Å². The number of rotatable bonds is 18. The Bertz CT molecular complexity index is 2200. The third kappa shape index (κ3) is 9.79. The van der Waals surface area contributed by atoms with E-state index in [0.717, 1.165) is 83.3 Å². The van der Waals surface area contributed by atoms with Crippen LogP contribution in [0.1, 0.15) is 104 Å². The van der Waals surface area contributed by atoms with Gasteiger partial charge in [0.05, 0.1) is 39.9 Å². The summed E-state index contributed by atoms with van der Waals surface area (Å²) in [5.74, 6) is 0.706. The Balaban J connectivity index is 1.65. The quantitative estimate of drug-likeness (QED) is 0.0519. The number of nitrogens with one attached hydrogen (secondary N) is 2. The number of ether oxygens (including phenoxy) is 3. The molecule has 314 valence electrons. The van der Waals surface area contributed by atoms with Gasteiger partial charge >= 0.3 is 5.97 Å². The molecule has 1 aliphatic heterocycles. The maximum Gasteiger partial charge on any atom is 0.341 e. The monoisotopic (exact) mass is 884 g/mol. The van der Waals surface area contributed by atoms with Crippen LogP contribution < -0.4 is 20.1 Å². The van der Waals surface area contributed by atoms with Crippen LogP contribution in [-0.4, -0.2) is 32.3 Å². The van der Waals surface area contributed by atoms with Gasteiger partial charge in [0.15, 0.2) is 5.60 Å². The van der Waals surface area contributed by atoms with Gasteiger partial charge in [-0.3, -0.25) is 0 Å². The van der Waals surface area contributed by atoms with Gasteiger partial charge in [0.1, 0.15) is 11.5 Å². The average molecular weight is 887 g/mol. The van der Waals surface area contributed by atoms with Crippen molar-refractivity contribution in [3.8, 4) is 11.5 Å². The second-order valence-corrected chi connectivity index (χ2v) is 16.5. The predicted octanol–water partition coefficient (Wildman–Crippen LogP) is 14.9. The normalized spacial score (nSPS) is 16.2. The third-order valence-corrected chi connectivity index (χ3v) is 12.8. The van der Waals surface area contributed by atoms with Gasteiger partial charge in [-0.25, -0.2) is 4.79 Å². The number of cyclic esters (lactones) is 1. The van der Waals surface area contributed by atoms with Crippen molar-refractivity contribution in [1.29, 1.82) is 0 Å². The van der Waals surface area contributed by atoms with E-state index in [9.17, 15) is 4.79 Å². The molecule has 6 nitrogen and oxygen atoms in total. The molecular formula is C50H52Cl4N2O4. The Morgan fingerprint density at radius 3 is 1.30 bits per heavy atom. The lowest BCUT2D eigenvalue weighted by Gasteiger charge is -2.27. The lowest BCUT2D eigenvalue weighted by atomic mass is 9.83. The van der Waals surface area contributed by atoms with Gasteiger partial charge in [0.25, 0.3) is 0 Å². The van der Waals surface area contributed by atoms with Crippen LogP contribution in [0.25, 0.3) is 11.1 Å². The first kappa shape index (κ1) is 44.9. The molecule has 0 amide bonds. The Hall–Kier alpha value is -4.59. The molecule has 0 saturated carbocycles. The molecule has 5 aromatic carbocycles. The zero-order chi connectivity index (χ0) is 43.0. The van der Waals surface area contributed by atoms with E-state index in [-0.39, 0.29) is 31.2 Å². The Morgan fingerprint density at radius 2 is 0.950 bits per heavy atom. The van der Waals surface area contributed by atoms with Crippen molar-refractivity contribution in [3.63, 3.8) is 0 Å². The summed E-state index contributed by atoms with van der Waals surface area (Å²) < 4.78 is 17.7. The molecule has 2 atom stereocenters. The van der Waals surface area contributed by atoms with Crippen molar-refractivity contribution >= 4 is 74.9 Å². The van der Waals surface area contributed by atoms with Gasteiger partial charge in [-0.05, 0) is 120 Å². The van der Waals surface area contributed by atoms with Crippen LogP contribution in [0, 0.1) is 0 Å². The van der Waals surface area contributed by atoms with E-state index in [0.29, 0.717) is 23.6 Å². The first-order chi connectivity index (χ1) is 29.0. The second kappa shape index (κ2) is 20.3. The molecule has 0 spiro atoms. The van der Waals surface area contributed by atoms with Crippen LogP contribution in [0.2, 0.25) is 20.1 Å². The number of esters is 1. The molecule has 1 aliphatic rings. The molecule has 0 aliphatic carbocycles. The summed E-state index contributed by atoms with van der Waals surface area (Å²) in [7, 11) is 3.26. The summed E-state index contributed by atoms with van der Waals surface area (Å²) in [4.78, 5) is 14.3. The summed E-state index contributed by atoms with van der Waals surface area (Å²) in [6, 6.07) is 32.7. The van der Waals surface area contributed by atoms with Crippen LogP contribution in [0.3, 0.4) is 0 Å². The molecule has 2 unspecified atom stereocenters. The van der Waals surface area contributed by atoms with Gasteiger partial charge in [0, 0.05) is 29.0 Å². The molecule has 60 heavy (non-hydrogen) atoms. The predicted molar refractivity (Wildman–Crippen MR) is 252 cm³/mol. The third-order valence-electron chi connectivity index (χ3n) is 11.0. The van der Waals surface area contributed by atoms with Gasteiger partial charge in [-0.1, -0.05) is 135 Å². The maximum absolute atomic E-state index is 14.3. The minimum atomic E-state index is -1.65. The molecule has 6 rings (SSSR count). The summed E-state index contributed by atoms with van der Waals surface area (Å²) in [5, 5.41) is 7.38. The highest BCUT2D eigenvalue weighted by atomic mass is 35.5. The molecule has 1 heterocycles. The minimum Gasteiger partial charge on any atom is -0.497 e. The Morgan fingerprint density at radius 1 is 0.583 bits per heavy atom. The SMILES string of the molecule is CCCC(CC)Nc1ccc(/C(=C/C2(/C=C(/c3ccc(NC(CC)CCC)cc3)c3ccc(OC)cc3)OC(=O)c3c(Cl)c(Cl)c(Cl)c(Cl)c32)c2ccc(OC)cc2)cc1. The topological polar surface area (TPSA) is 68.8 Å². The fraction of sp³-hybridized carbons (Fsp3) is 0.300.